The highest BCUT2D eigenvalue weighted by atomic mass is 16.4. The van der Waals surface area contributed by atoms with E-state index in [1.807, 2.05) is 0 Å². The van der Waals surface area contributed by atoms with E-state index in [-0.39, 0.29) is 6.42 Å². The minimum atomic E-state index is -2.15. The summed E-state index contributed by atoms with van der Waals surface area (Å²) in [6.45, 7) is 2.36. The monoisotopic (exact) mass is 248 g/mol. The number of rotatable bonds is 8. The normalized spacial score (nSPS) is 17.9. The van der Waals surface area contributed by atoms with Crippen molar-refractivity contribution in [2.45, 2.75) is 30.8 Å². The molecule has 98 valence electrons. The minimum absolute atomic E-state index is 0.304. The Labute approximate surface area is 97.6 Å². The predicted molar refractivity (Wildman–Crippen MR) is 55.9 cm³/mol. The van der Waals surface area contributed by atoms with E-state index in [0.29, 0.717) is 0 Å². The van der Waals surface area contributed by atoms with E-state index >= 15 is 0 Å². The molecule has 0 amide bonds. The fourth-order valence-electron chi connectivity index (χ4n) is 1.07. The molecule has 17 heavy (non-hydrogen) atoms. The molecule has 0 fully saturated rings. The molecule has 7 heteroatoms. The molecule has 0 saturated carbocycles. The van der Waals surface area contributed by atoms with Crippen LogP contribution in [0.25, 0.3) is 0 Å². The van der Waals surface area contributed by atoms with Crippen molar-refractivity contribution in [3.63, 3.8) is 0 Å². The summed E-state index contributed by atoms with van der Waals surface area (Å²) in [5, 5.41) is 45.3. The number of hydrogen-bond acceptors (Lipinski definition) is 7. The molecule has 5 N–H and O–H groups in total. The number of aliphatic hydroxyl groups is 5. The Kier molecular flexibility index (Phi) is 6.78. The van der Waals surface area contributed by atoms with E-state index in [4.69, 9.17) is 10.2 Å². The van der Waals surface area contributed by atoms with E-state index in [2.05, 4.69) is 6.58 Å². The maximum atomic E-state index is 11.2. The third kappa shape index (κ3) is 4.33. The second-order valence-electron chi connectivity index (χ2n) is 3.46. The van der Waals surface area contributed by atoms with Gasteiger partial charge in [-0.15, -0.1) is 6.58 Å². The summed E-state index contributed by atoms with van der Waals surface area (Å²) in [4.78, 5) is 22.3. The van der Waals surface area contributed by atoms with E-state index < -0.39 is 42.6 Å². The van der Waals surface area contributed by atoms with Crippen LogP contribution in [0.1, 0.15) is 6.42 Å². The molecular formula is C10H16O7. The van der Waals surface area contributed by atoms with Gasteiger partial charge in [0.2, 0.25) is 11.6 Å². The number of carbonyl (C=O) groups excluding carboxylic acids is 2. The molecule has 0 aromatic carbocycles. The van der Waals surface area contributed by atoms with Crippen LogP contribution in [0.15, 0.2) is 12.7 Å². The summed E-state index contributed by atoms with van der Waals surface area (Å²) < 4.78 is 0. The van der Waals surface area contributed by atoms with Crippen LogP contribution in [-0.2, 0) is 9.59 Å². The van der Waals surface area contributed by atoms with Crippen LogP contribution in [0.5, 0.6) is 0 Å². The number of carbonyl (C=O) groups is 2. The highest BCUT2D eigenvalue weighted by Crippen LogP contribution is 2.07. The van der Waals surface area contributed by atoms with Gasteiger partial charge in [-0.25, -0.2) is 0 Å². The van der Waals surface area contributed by atoms with Gasteiger partial charge in [0.05, 0.1) is 6.61 Å². The summed E-state index contributed by atoms with van der Waals surface area (Å²) in [7, 11) is 0. The third-order valence-corrected chi connectivity index (χ3v) is 2.13. The molecule has 0 radical (unpaired) electrons. The van der Waals surface area contributed by atoms with Crippen LogP contribution in [0.2, 0.25) is 0 Å². The molecular weight excluding hydrogens is 232 g/mol. The molecule has 0 aliphatic carbocycles. The maximum Gasteiger partial charge on any atom is 0.229 e. The molecule has 0 unspecified atom stereocenters. The molecule has 7 nitrogen and oxygen atoms in total. The average Bonchev–Trinajstić information content (AvgIpc) is 2.34. The number of ketones is 2. The van der Waals surface area contributed by atoms with Gasteiger partial charge in [-0.3, -0.25) is 9.59 Å². The van der Waals surface area contributed by atoms with Crippen LogP contribution in [-0.4, -0.2) is 68.1 Å². The SMILES string of the molecule is C=CCC(=O)C(=O)[C@H](O)[C@@H](O)[C@H](O)[C@H](O)CO. The molecule has 0 saturated heterocycles. The number of allylic oxidation sites excluding steroid dienone is 1. The van der Waals surface area contributed by atoms with Crippen LogP contribution in [0.4, 0.5) is 0 Å². The van der Waals surface area contributed by atoms with Gasteiger partial charge in [0.1, 0.15) is 24.4 Å². The summed E-state index contributed by atoms with van der Waals surface area (Å²) in [5.74, 6) is -2.26. The first-order chi connectivity index (χ1) is 7.86. The van der Waals surface area contributed by atoms with Gasteiger partial charge in [-0.05, 0) is 0 Å². The van der Waals surface area contributed by atoms with Crippen molar-refractivity contribution in [1.29, 1.82) is 0 Å². The quantitative estimate of drug-likeness (QED) is 0.230. The Morgan fingerprint density at radius 2 is 1.65 bits per heavy atom. The maximum absolute atomic E-state index is 11.2. The fraction of sp³-hybridized carbons (Fsp3) is 0.600. The molecule has 0 spiro atoms. The Morgan fingerprint density at radius 1 is 1.12 bits per heavy atom. The molecule has 0 heterocycles. The topological polar surface area (TPSA) is 135 Å². The first-order valence-corrected chi connectivity index (χ1v) is 4.87. The van der Waals surface area contributed by atoms with E-state index in [9.17, 15) is 24.9 Å². The first kappa shape index (κ1) is 15.9. The van der Waals surface area contributed by atoms with Crippen molar-refractivity contribution in [2.24, 2.45) is 0 Å². The molecule has 0 aromatic heterocycles. The lowest BCUT2D eigenvalue weighted by molar-refractivity contribution is -0.153. The zero-order valence-electron chi connectivity index (χ0n) is 9.06. The van der Waals surface area contributed by atoms with Crippen LogP contribution < -0.4 is 0 Å². The largest absolute Gasteiger partial charge is 0.394 e. The van der Waals surface area contributed by atoms with Gasteiger partial charge < -0.3 is 25.5 Å². The third-order valence-electron chi connectivity index (χ3n) is 2.13. The zero-order valence-corrected chi connectivity index (χ0v) is 9.06. The molecule has 0 bridgehead atoms. The summed E-state index contributed by atoms with van der Waals surface area (Å²) in [5.41, 5.74) is 0. The Hall–Kier alpha value is -1.12. The summed E-state index contributed by atoms with van der Waals surface area (Å²) in [6.07, 6.45) is -7.02. The zero-order chi connectivity index (χ0) is 13.6. The molecule has 0 aliphatic rings. The number of aliphatic hydroxyl groups excluding tert-OH is 5. The van der Waals surface area contributed by atoms with Crippen molar-refractivity contribution in [3.05, 3.63) is 12.7 Å². The van der Waals surface area contributed by atoms with Gasteiger partial charge in [-0.1, -0.05) is 6.08 Å². The van der Waals surface area contributed by atoms with Gasteiger partial charge in [-0.2, -0.15) is 0 Å². The highest BCUT2D eigenvalue weighted by Gasteiger charge is 2.36. The van der Waals surface area contributed by atoms with E-state index in [1.54, 1.807) is 0 Å². The molecule has 0 aliphatic heterocycles. The lowest BCUT2D eigenvalue weighted by atomic mass is 9.97. The standard InChI is InChI=1S/C10H16O7/c1-2-3-5(12)7(14)9(16)10(17)8(15)6(13)4-11/h2,6,8-11,13,15-17H,1,3-4H2/t6-,8-,9+,10+/m1/s1. The Bertz CT molecular complexity index is 288. The van der Waals surface area contributed by atoms with E-state index in [1.165, 1.54) is 0 Å². The van der Waals surface area contributed by atoms with Gasteiger partial charge in [0.25, 0.3) is 0 Å². The van der Waals surface area contributed by atoms with Crippen LogP contribution in [0.3, 0.4) is 0 Å². The lowest BCUT2D eigenvalue weighted by Crippen LogP contribution is -2.50. The lowest BCUT2D eigenvalue weighted by Gasteiger charge is -2.24. The van der Waals surface area contributed by atoms with Crippen molar-refractivity contribution in [2.75, 3.05) is 6.61 Å². The van der Waals surface area contributed by atoms with Crippen molar-refractivity contribution in [3.8, 4) is 0 Å². The van der Waals surface area contributed by atoms with Gasteiger partial charge in [0.15, 0.2) is 0 Å². The molecule has 0 rings (SSSR count). The van der Waals surface area contributed by atoms with Crippen LogP contribution in [0, 0.1) is 0 Å². The predicted octanol–water partition coefficient (Wildman–Crippen LogP) is -2.86. The van der Waals surface area contributed by atoms with Crippen molar-refractivity contribution < 1.29 is 35.1 Å². The second-order valence-corrected chi connectivity index (χ2v) is 3.46. The molecule has 4 atom stereocenters. The summed E-state index contributed by atoms with van der Waals surface area (Å²) in [6, 6.07) is 0. The summed E-state index contributed by atoms with van der Waals surface area (Å²) >= 11 is 0. The van der Waals surface area contributed by atoms with Crippen LogP contribution >= 0.6 is 0 Å². The van der Waals surface area contributed by atoms with Crippen molar-refractivity contribution in [1.82, 2.24) is 0 Å². The second kappa shape index (κ2) is 7.25. The first-order valence-electron chi connectivity index (χ1n) is 4.87. The van der Waals surface area contributed by atoms with Gasteiger partial charge in [0, 0.05) is 6.42 Å². The number of Topliss-reactive ketones (excluding diaryl/α,β-unsaturated/α-hetero) is 2. The Balaban J connectivity index is 4.58. The minimum Gasteiger partial charge on any atom is -0.394 e. The smallest absolute Gasteiger partial charge is 0.229 e. The fourth-order valence-corrected chi connectivity index (χ4v) is 1.07. The Morgan fingerprint density at radius 3 is 2.06 bits per heavy atom. The number of hydrogen-bond donors (Lipinski definition) is 5. The van der Waals surface area contributed by atoms with E-state index in [0.717, 1.165) is 6.08 Å². The molecule has 0 aromatic rings. The highest BCUT2D eigenvalue weighted by molar-refractivity contribution is 6.39. The van der Waals surface area contributed by atoms with Crippen molar-refractivity contribution >= 4 is 11.6 Å². The van der Waals surface area contributed by atoms with Gasteiger partial charge >= 0.3 is 0 Å². The average molecular weight is 248 g/mol.